The quantitative estimate of drug-likeness (QED) is 0.620. The van der Waals surface area contributed by atoms with Crippen LogP contribution in [0.1, 0.15) is 24.4 Å². The summed E-state index contributed by atoms with van der Waals surface area (Å²) in [4.78, 5) is 2.57. The first-order valence-electron chi connectivity index (χ1n) is 4.87. The Morgan fingerprint density at radius 3 is 2.62 bits per heavy atom. The van der Waals surface area contributed by atoms with E-state index in [4.69, 9.17) is 11.6 Å². The molecule has 2 fully saturated rings. The maximum atomic E-state index is 5.84. The van der Waals surface area contributed by atoms with Crippen molar-refractivity contribution in [3.63, 3.8) is 0 Å². The van der Waals surface area contributed by atoms with Crippen molar-refractivity contribution in [1.29, 1.82) is 0 Å². The van der Waals surface area contributed by atoms with E-state index in [9.17, 15) is 0 Å². The summed E-state index contributed by atoms with van der Waals surface area (Å²) >= 11 is 5.84. The van der Waals surface area contributed by atoms with Crippen molar-refractivity contribution < 1.29 is 0 Å². The fourth-order valence-corrected chi connectivity index (χ4v) is 2.64. The zero-order chi connectivity index (χ0) is 8.84. The minimum absolute atomic E-state index is 0.714. The predicted octanol–water partition coefficient (Wildman–Crippen LogP) is 2.86. The van der Waals surface area contributed by atoms with Gasteiger partial charge < -0.3 is 0 Å². The molecule has 2 heterocycles. The molecule has 0 N–H and O–H groups in total. The molecule has 0 bridgehead atoms. The second-order valence-corrected chi connectivity index (χ2v) is 4.38. The molecule has 2 saturated heterocycles. The number of hydrogen-bond acceptors (Lipinski definition) is 1. The fraction of sp³-hybridized carbons (Fsp3) is 0.455. The normalized spacial score (nSPS) is 35.9. The minimum Gasteiger partial charge on any atom is -0.290 e. The highest BCUT2D eigenvalue weighted by Crippen LogP contribution is 2.49. The SMILES string of the molecule is Clc1ccc([C@H]2[C@@H]3CCCN32)cc1. The van der Waals surface area contributed by atoms with Gasteiger partial charge in [-0.1, -0.05) is 23.7 Å². The Kier molecular flexibility index (Phi) is 1.64. The number of piperidine rings is 1. The van der Waals surface area contributed by atoms with Crippen LogP contribution in [0.15, 0.2) is 24.3 Å². The van der Waals surface area contributed by atoms with Gasteiger partial charge in [-0.3, -0.25) is 4.90 Å². The molecule has 0 saturated carbocycles. The Morgan fingerprint density at radius 2 is 2.00 bits per heavy atom. The van der Waals surface area contributed by atoms with E-state index in [0.29, 0.717) is 6.04 Å². The van der Waals surface area contributed by atoms with Gasteiger partial charge in [0, 0.05) is 11.1 Å². The number of benzene rings is 1. The lowest BCUT2D eigenvalue weighted by molar-refractivity contribution is 0.541. The maximum absolute atomic E-state index is 5.84. The van der Waals surface area contributed by atoms with Crippen molar-refractivity contribution in [2.75, 3.05) is 6.54 Å². The highest BCUT2D eigenvalue weighted by atomic mass is 35.5. The number of hydrogen-bond donors (Lipinski definition) is 0. The lowest BCUT2D eigenvalue weighted by Crippen LogP contribution is -1.96. The van der Waals surface area contributed by atoms with Gasteiger partial charge in [-0.2, -0.15) is 0 Å². The standard InChI is InChI=1S/C11H12ClN/c12-9-5-3-8(4-6-9)11-10-2-1-7-13(10)11/h3-6,10-11H,1-2,7H2/t10-,11-,13?/m0/s1. The average Bonchev–Trinajstić information content (AvgIpc) is 2.63. The van der Waals surface area contributed by atoms with Crippen LogP contribution in [0.25, 0.3) is 0 Å². The first-order chi connectivity index (χ1) is 6.36. The molecule has 0 aliphatic carbocycles. The van der Waals surface area contributed by atoms with Crippen LogP contribution in [-0.4, -0.2) is 17.5 Å². The molecular weight excluding hydrogens is 182 g/mol. The Bertz CT molecular complexity index is 309. The van der Waals surface area contributed by atoms with Gasteiger partial charge >= 0.3 is 0 Å². The number of halogens is 1. The summed E-state index contributed by atoms with van der Waals surface area (Å²) in [6.07, 6.45) is 2.77. The Labute approximate surface area is 83.3 Å². The van der Waals surface area contributed by atoms with E-state index in [1.807, 2.05) is 12.1 Å². The van der Waals surface area contributed by atoms with Crippen molar-refractivity contribution in [3.05, 3.63) is 34.9 Å². The van der Waals surface area contributed by atoms with Crippen LogP contribution in [0.4, 0.5) is 0 Å². The fourth-order valence-electron chi connectivity index (χ4n) is 2.52. The van der Waals surface area contributed by atoms with E-state index in [-0.39, 0.29) is 0 Å². The van der Waals surface area contributed by atoms with E-state index in [0.717, 1.165) is 11.1 Å². The smallest absolute Gasteiger partial charge is 0.0507 e. The third-order valence-corrected chi connectivity index (χ3v) is 3.44. The number of fused-ring (bicyclic) bond motifs is 1. The van der Waals surface area contributed by atoms with Crippen LogP contribution in [-0.2, 0) is 0 Å². The molecule has 1 nitrogen and oxygen atoms in total. The van der Waals surface area contributed by atoms with Crippen molar-refractivity contribution >= 4 is 11.6 Å². The van der Waals surface area contributed by atoms with Crippen LogP contribution >= 0.6 is 11.6 Å². The van der Waals surface area contributed by atoms with Crippen LogP contribution in [0.2, 0.25) is 5.02 Å². The summed E-state index contributed by atoms with van der Waals surface area (Å²) in [7, 11) is 0. The van der Waals surface area contributed by atoms with E-state index in [1.54, 1.807) is 0 Å². The molecule has 2 heteroatoms. The minimum atomic E-state index is 0.714. The average molecular weight is 194 g/mol. The van der Waals surface area contributed by atoms with Crippen LogP contribution in [0.5, 0.6) is 0 Å². The summed E-state index contributed by atoms with van der Waals surface area (Å²) in [5.41, 5.74) is 1.44. The second kappa shape index (κ2) is 2.73. The molecule has 68 valence electrons. The highest BCUT2D eigenvalue weighted by molar-refractivity contribution is 6.30. The van der Waals surface area contributed by atoms with Gasteiger partial charge in [0.05, 0.1) is 6.04 Å². The highest BCUT2D eigenvalue weighted by Gasteiger charge is 2.50. The topological polar surface area (TPSA) is 3.01 Å². The predicted molar refractivity (Wildman–Crippen MR) is 53.9 cm³/mol. The molecule has 0 radical (unpaired) electrons. The molecule has 2 aliphatic heterocycles. The molecule has 1 aromatic carbocycles. The first kappa shape index (κ1) is 7.84. The second-order valence-electron chi connectivity index (χ2n) is 3.94. The lowest BCUT2D eigenvalue weighted by Gasteiger charge is -2.02. The monoisotopic (exact) mass is 193 g/mol. The summed E-state index contributed by atoms with van der Waals surface area (Å²) in [6, 6.07) is 9.86. The summed E-state index contributed by atoms with van der Waals surface area (Å²) < 4.78 is 0. The molecule has 2 aliphatic rings. The van der Waals surface area contributed by atoms with Crippen molar-refractivity contribution in [1.82, 2.24) is 4.90 Å². The third kappa shape index (κ3) is 1.18. The lowest BCUT2D eigenvalue weighted by atomic mass is 10.1. The molecule has 0 aromatic heterocycles. The third-order valence-electron chi connectivity index (χ3n) is 3.19. The molecule has 1 unspecified atom stereocenters. The number of rotatable bonds is 1. The molecule has 0 amide bonds. The largest absolute Gasteiger partial charge is 0.290 e. The van der Waals surface area contributed by atoms with Gasteiger partial charge in [-0.05, 0) is 37.1 Å². The van der Waals surface area contributed by atoms with Gasteiger partial charge in [0.2, 0.25) is 0 Å². The molecule has 3 atom stereocenters. The van der Waals surface area contributed by atoms with Crippen LogP contribution in [0, 0.1) is 0 Å². The molecule has 1 aromatic rings. The van der Waals surface area contributed by atoms with E-state index < -0.39 is 0 Å². The van der Waals surface area contributed by atoms with Crippen molar-refractivity contribution in [2.45, 2.75) is 24.9 Å². The van der Waals surface area contributed by atoms with E-state index >= 15 is 0 Å². The molecule has 0 spiro atoms. The first-order valence-corrected chi connectivity index (χ1v) is 5.25. The van der Waals surface area contributed by atoms with Gasteiger partial charge in [0.1, 0.15) is 0 Å². The van der Waals surface area contributed by atoms with E-state index in [1.165, 1.54) is 24.9 Å². The zero-order valence-corrected chi connectivity index (χ0v) is 8.17. The van der Waals surface area contributed by atoms with Gasteiger partial charge in [0.15, 0.2) is 0 Å². The van der Waals surface area contributed by atoms with Gasteiger partial charge in [-0.15, -0.1) is 0 Å². The van der Waals surface area contributed by atoms with Crippen molar-refractivity contribution in [2.24, 2.45) is 0 Å². The van der Waals surface area contributed by atoms with Crippen molar-refractivity contribution in [3.8, 4) is 0 Å². The molecule has 3 rings (SSSR count). The summed E-state index contributed by atoms with van der Waals surface area (Å²) in [5.74, 6) is 0. The Balaban J connectivity index is 1.83. The van der Waals surface area contributed by atoms with Crippen LogP contribution in [0.3, 0.4) is 0 Å². The molecular formula is C11H12ClN. The van der Waals surface area contributed by atoms with Crippen LogP contribution < -0.4 is 0 Å². The van der Waals surface area contributed by atoms with Gasteiger partial charge in [-0.25, -0.2) is 0 Å². The Hall–Kier alpha value is -0.530. The molecule has 13 heavy (non-hydrogen) atoms. The summed E-state index contributed by atoms with van der Waals surface area (Å²) in [6.45, 7) is 1.29. The Morgan fingerprint density at radius 1 is 1.23 bits per heavy atom. The zero-order valence-electron chi connectivity index (χ0n) is 7.41. The van der Waals surface area contributed by atoms with E-state index in [2.05, 4.69) is 17.0 Å². The summed E-state index contributed by atoms with van der Waals surface area (Å²) in [5, 5.41) is 0.838. The number of nitrogens with zero attached hydrogens (tertiary/aromatic N) is 1. The maximum Gasteiger partial charge on any atom is 0.0507 e. The van der Waals surface area contributed by atoms with Gasteiger partial charge in [0.25, 0.3) is 0 Å².